The molecule has 0 aliphatic heterocycles. The highest BCUT2D eigenvalue weighted by molar-refractivity contribution is 6.28. The van der Waals surface area contributed by atoms with Crippen molar-refractivity contribution in [2.45, 2.75) is 6.92 Å². The van der Waals surface area contributed by atoms with E-state index in [4.69, 9.17) is 22.4 Å². The third-order valence-electron chi connectivity index (χ3n) is 1.96. The first-order valence-corrected chi connectivity index (χ1v) is 4.91. The molecule has 0 saturated heterocycles. The Hall–Kier alpha value is -1.62. The maximum Gasteiger partial charge on any atom is 0.335 e. The van der Waals surface area contributed by atoms with Crippen LogP contribution in [0.5, 0.6) is 0 Å². The number of nitrogens with zero attached hydrogens (tertiary/aromatic N) is 1. The number of rotatable bonds is 3. The van der Waals surface area contributed by atoms with Gasteiger partial charge in [0, 0.05) is 5.56 Å². The summed E-state index contributed by atoms with van der Waals surface area (Å²) in [6.45, 7) is 1.49. The number of halogens is 2. The monoisotopic (exact) mass is 244 g/mol. The van der Waals surface area contributed by atoms with E-state index >= 15 is 0 Å². The largest absolute Gasteiger partial charge is 0.478 e. The van der Waals surface area contributed by atoms with Crippen LogP contribution >= 0.6 is 11.6 Å². The molecule has 6 heteroatoms. The minimum atomic E-state index is -1.22. The Morgan fingerprint density at radius 3 is 2.75 bits per heavy atom. The SMILES string of the molecule is Cc1c(F)cc(C(=O)O)cc1N=C(N)CCl. The summed E-state index contributed by atoms with van der Waals surface area (Å²) in [5, 5.41) is 8.74. The molecule has 1 aromatic carbocycles. The molecule has 3 N–H and O–H groups in total. The second kappa shape index (κ2) is 4.94. The van der Waals surface area contributed by atoms with Gasteiger partial charge >= 0.3 is 5.97 Å². The molecular weight excluding hydrogens is 235 g/mol. The molecule has 0 aliphatic rings. The van der Waals surface area contributed by atoms with Crippen LogP contribution in [0.2, 0.25) is 0 Å². The van der Waals surface area contributed by atoms with E-state index < -0.39 is 11.8 Å². The highest BCUT2D eigenvalue weighted by Crippen LogP contribution is 2.23. The topological polar surface area (TPSA) is 75.7 Å². The molecule has 0 spiro atoms. The summed E-state index contributed by atoms with van der Waals surface area (Å²) >= 11 is 5.43. The van der Waals surface area contributed by atoms with Crippen molar-refractivity contribution in [1.29, 1.82) is 0 Å². The standard InChI is InChI=1S/C10H10ClFN2O2/c1-5-7(12)2-6(10(15)16)3-8(5)14-9(13)4-11/h2-3H,4H2,1H3,(H2,13,14)(H,15,16). The highest BCUT2D eigenvalue weighted by atomic mass is 35.5. The summed E-state index contributed by atoms with van der Waals surface area (Å²) in [5.74, 6) is -1.76. The van der Waals surface area contributed by atoms with Gasteiger partial charge in [-0.15, -0.1) is 11.6 Å². The molecule has 0 bridgehead atoms. The van der Waals surface area contributed by atoms with Gasteiger partial charge in [0.1, 0.15) is 11.7 Å². The fourth-order valence-electron chi connectivity index (χ4n) is 1.09. The van der Waals surface area contributed by atoms with Crippen molar-refractivity contribution in [3.8, 4) is 0 Å². The Morgan fingerprint density at radius 1 is 1.62 bits per heavy atom. The summed E-state index contributed by atoms with van der Waals surface area (Å²) in [6.07, 6.45) is 0. The number of carbonyl (C=O) groups is 1. The molecule has 0 aromatic heterocycles. The van der Waals surface area contributed by atoms with Gasteiger partial charge in [0.25, 0.3) is 0 Å². The molecule has 0 unspecified atom stereocenters. The van der Waals surface area contributed by atoms with Crippen LogP contribution in [0, 0.1) is 12.7 Å². The summed E-state index contributed by atoms with van der Waals surface area (Å²) in [5.41, 5.74) is 5.63. The number of aromatic carboxylic acids is 1. The maximum atomic E-state index is 13.3. The lowest BCUT2D eigenvalue weighted by atomic mass is 10.1. The summed E-state index contributed by atoms with van der Waals surface area (Å²) in [7, 11) is 0. The van der Waals surface area contributed by atoms with Crippen molar-refractivity contribution in [2.24, 2.45) is 10.7 Å². The predicted molar refractivity (Wildman–Crippen MR) is 60.1 cm³/mol. The Bertz CT molecular complexity index is 460. The van der Waals surface area contributed by atoms with Crippen molar-refractivity contribution in [2.75, 3.05) is 5.88 Å². The zero-order valence-corrected chi connectivity index (χ0v) is 9.25. The second-order valence-electron chi connectivity index (χ2n) is 3.14. The van der Waals surface area contributed by atoms with E-state index in [1.54, 1.807) is 0 Å². The number of carboxylic acid groups (broad SMARTS) is 1. The number of amidine groups is 1. The number of nitrogens with two attached hydrogens (primary N) is 1. The Kier molecular flexibility index (Phi) is 3.84. The summed E-state index contributed by atoms with van der Waals surface area (Å²) < 4.78 is 13.3. The molecule has 0 heterocycles. The van der Waals surface area contributed by atoms with Crippen LogP contribution in [0.3, 0.4) is 0 Å². The van der Waals surface area contributed by atoms with Crippen molar-refractivity contribution in [3.05, 3.63) is 29.1 Å². The molecular formula is C10H10ClFN2O2. The van der Waals surface area contributed by atoms with Gasteiger partial charge in [-0.25, -0.2) is 14.2 Å². The van der Waals surface area contributed by atoms with E-state index in [1.807, 2.05) is 0 Å². The highest BCUT2D eigenvalue weighted by Gasteiger charge is 2.11. The molecule has 0 amide bonds. The minimum absolute atomic E-state index is 0.00163. The van der Waals surface area contributed by atoms with Crippen LogP contribution in [0.25, 0.3) is 0 Å². The van der Waals surface area contributed by atoms with Crippen molar-refractivity contribution >= 4 is 29.1 Å². The quantitative estimate of drug-likeness (QED) is 0.485. The van der Waals surface area contributed by atoms with Gasteiger partial charge in [0.2, 0.25) is 0 Å². The number of carboxylic acids is 1. The van der Waals surface area contributed by atoms with E-state index in [1.165, 1.54) is 13.0 Å². The number of aliphatic imine (C=N–C) groups is 1. The van der Waals surface area contributed by atoms with Crippen molar-refractivity contribution in [3.63, 3.8) is 0 Å². The zero-order valence-electron chi connectivity index (χ0n) is 8.50. The lowest BCUT2D eigenvalue weighted by Crippen LogP contribution is -2.12. The fraction of sp³-hybridized carbons (Fsp3) is 0.200. The molecule has 0 radical (unpaired) electrons. The van der Waals surface area contributed by atoms with E-state index in [9.17, 15) is 9.18 Å². The average molecular weight is 245 g/mol. The van der Waals surface area contributed by atoms with Gasteiger partial charge in [-0.2, -0.15) is 0 Å². The Balaban J connectivity index is 3.32. The first-order valence-electron chi connectivity index (χ1n) is 4.38. The van der Waals surface area contributed by atoms with Gasteiger partial charge < -0.3 is 10.8 Å². The van der Waals surface area contributed by atoms with E-state index in [2.05, 4.69) is 4.99 Å². The van der Waals surface area contributed by atoms with Crippen LogP contribution in [-0.2, 0) is 0 Å². The first-order chi connectivity index (χ1) is 7.45. The molecule has 0 fully saturated rings. The van der Waals surface area contributed by atoms with Gasteiger partial charge in [0.05, 0.1) is 17.1 Å². The third-order valence-corrected chi connectivity index (χ3v) is 2.24. The summed E-state index contributed by atoms with van der Waals surface area (Å²) in [6, 6.07) is 2.19. The number of hydrogen-bond acceptors (Lipinski definition) is 2. The van der Waals surface area contributed by atoms with Gasteiger partial charge in [-0.05, 0) is 19.1 Å². The lowest BCUT2D eigenvalue weighted by molar-refractivity contribution is 0.0696. The molecule has 86 valence electrons. The van der Waals surface area contributed by atoms with Gasteiger partial charge in [-0.1, -0.05) is 0 Å². The van der Waals surface area contributed by atoms with Crippen molar-refractivity contribution in [1.82, 2.24) is 0 Å². The molecule has 16 heavy (non-hydrogen) atoms. The maximum absolute atomic E-state index is 13.3. The van der Waals surface area contributed by atoms with E-state index in [0.717, 1.165) is 6.07 Å². The van der Waals surface area contributed by atoms with Gasteiger partial charge in [-0.3, -0.25) is 0 Å². The Morgan fingerprint density at radius 2 is 2.25 bits per heavy atom. The van der Waals surface area contributed by atoms with Crippen LogP contribution in [0.15, 0.2) is 17.1 Å². The van der Waals surface area contributed by atoms with Crippen LogP contribution in [0.1, 0.15) is 15.9 Å². The first kappa shape index (κ1) is 12.4. The molecule has 1 rings (SSSR count). The number of alkyl halides is 1. The summed E-state index contributed by atoms with van der Waals surface area (Å²) in [4.78, 5) is 14.5. The fourth-order valence-corrected chi connectivity index (χ4v) is 1.15. The zero-order chi connectivity index (χ0) is 12.3. The smallest absolute Gasteiger partial charge is 0.335 e. The molecule has 0 saturated carbocycles. The third kappa shape index (κ3) is 2.70. The van der Waals surface area contributed by atoms with E-state index in [0.29, 0.717) is 0 Å². The minimum Gasteiger partial charge on any atom is -0.478 e. The molecule has 4 nitrogen and oxygen atoms in total. The van der Waals surface area contributed by atoms with Crippen LogP contribution in [0.4, 0.5) is 10.1 Å². The number of benzene rings is 1. The van der Waals surface area contributed by atoms with Crippen LogP contribution < -0.4 is 5.73 Å². The average Bonchev–Trinajstić information content (AvgIpc) is 2.23. The second-order valence-corrected chi connectivity index (χ2v) is 3.41. The molecule has 0 atom stereocenters. The normalized spacial score (nSPS) is 11.6. The molecule has 0 aliphatic carbocycles. The Labute approximate surface area is 96.6 Å². The lowest BCUT2D eigenvalue weighted by Gasteiger charge is -2.04. The number of hydrogen-bond donors (Lipinski definition) is 2. The molecule has 1 aromatic rings. The van der Waals surface area contributed by atoms with Gasteiger partial charge in [0.15, 0.2) is 0 Å². The van der Waals surface area contributed by atoms with Crippen molar-refractivity contribution < 1.29 is 14.3 Å². The van der Waals surface area contributed by atoms with E-state index in [-0.39, 0.29) is 28.5 Å². The predicted octanol–water partition coefficient (Wildman–Crippen LogP) is 2.06. The van der Waals surface area contributed by atoms with Crippen LogP contribution in [-0.4, -0.2) is 22.8 Å².